The molecule has 208 valence electrons. The molecule has 0 aliphatic rings. The molecule has 3 aromatic carbocycles. The summed E-state index contributed by atoms with van der Waals surface area (Å²) in [6.45, 7) is 3.36. The summed E-state index contributed by atoms with van der Waals surface area (Å²) in [5.41, 5.74) is 3.23. The molecule has 2 atom stereocenters. The third-order valence-electron chi connectivity index (χ3n) is 5.88. The number of aliphatic hydroxyl groups excluding tert-OH is 2. The van der Waals surface area contributed by atoms with Crippen molar-refractivity contribution in [1.29, 1.82) is 0 Å². The van der Waals surface area contributed by atoms with Crippen molar-refractivity contribution in [2.75, 3.05) is 28.4 Å². The van der Waals surface area contributed by atoms with Crippen molar-refractivity contribution in [2.45, 2.75) is 32.5 Å². The minimum atomic E-state index is -0.986. The highest BCUT2D eigenvalue weighted by Gasteiger charge is 2.21. The van der Waals surface area contributed by atoms with Crippen LogP contribution in [-0.4, -0.2) is 56.4 Å². The molecule has 0 saturated heterocycles. The maximum absolute atomic E-state index is 11.7. The predicted molar refractivity (Wildman–Crippen MR) is 144 cm³/mol. The Bertz CT molecular complexity index is 1300. The zero-order chi connectivity index (χ0) is 29.1. The molecule has 0 bridgehead atoms. The highest BCUT2D eigenvalue weighted by Crippen LogP contribution is 2.33. The molecule has 0 radical (unpaired) electrons. The molecule has 0 spiro atoms. The van der Waals surface area contributed by atoms with E-state index in [1.165, 1.54) is 47.5 Å². The molecule has 0 fully saturated rings. The maximum atomic E-state index is 11.7. The van der Waals surface area contributed by atoms with Gasteiger partial charge in [-0.3, -0.25) is 4.79 Å². The number of hydrogen-bond acceptors (Lipinski definition) is 9. The maximum Gasteiger partial charge on any atom is 0.337 e. The van der Waals surface area contributed by atoms with Gasteiger partial charge in [0.2, 0.25) is 0 Å². The summed E-state index contributed by atoms with van der Waals surface area (Å²) in [6, 6.07) is 16.8. The quantitative estimate of drug-likeness (QED) is 0.296. The van der Waals surface area contributed by atoms with Gasteiger partial charge in [-0.2, -0.15) is 0 Å². The van der Waals surface area contributed by atoms with Crippen LogP contribution < -0.4 is 9.47 Å². The van der Waals surface area contributed by atoms with Crippen LogP contribution in [-0.2, 0) is 9.47 Å². The van der Waals surface area contributed by atoms with Gasteiger partial charge in [0.05, 0.1) is 57.3 Å². The number of Topliss-reactive ketones (excluding diaryl/α,β-unsaturated/α-hetero) is 1. The number of hydrogen-bond donors (Lipinski definition) is 2. The minimum Gasteiger partial charge on any atom is -0.496 e. The minimum absolute atomic E-state index is 0.0877. The second kappa shape index (κ2) is 14.7. The summed E-state index contributed by atoms with van der Waals surface area (Å²) in [7, 11) is 5.55. The number of ether oxygens (including phenoxy) is 4. The summed E-state index contributed by atoms with van der Waals surface area (Å²) in [4.78, 5) is 34.1. The Balaban J connectivity index is 0.000000306. The number of carbonyl (C=O) groups is 3. The summed E-state index contributed by atoms with van der Waals surface area (Å²) >= 11 is 0. The number of aliphatic hydroxyl groups is 2. The topological polar surface area (TPSA) is 129 Å². The predicted octanol–water partition coefficient (Wildman–Crippen LogP) is 4.63. The first kappa shape index (κ1) is 31.0. The Morgan fingerprint density at radius 2 is 1.31 bits per heavy atom. The van der Waals surface area contributed by atoms with Crippen molar-refractivity contribution < 1.29 is 43.5 Å². The van der Waals surface area contributed by atoms with E-state index < -0.39 is 24.1 Å². The molecule has 0 aliphatic heterocycles. The molecular weight excluding hydrogens is 504 g/mol. The molecule has 0 saturated carbocycles. The second-order valence-electron chi connectivity index (χ2n) is 8.59. The number of rotatable bonds is 9. The van der Waals surface area contributed by atoms with Gasteiger partial charge in [-0.15, -0.1) is 0 Å². The van der Waals surface area contributed by atoms with Gasteiger partial charge in [0.15, 0.2) is 5.78 Å². The van der Waals surface area contributed by atoms with Gasteiger partial charge in [-0.25, -0.2) is 9.59 Å². The number of esters is 2. The fraction of sp³-hybridized carbons (Fsp3) is 0.300. The van der Waals surface area contributed by atoms with Crippen molar-refractivity contribution in [3.05, 3.63) is 94.0 Å². The Labute approximate surface area is 227 Å². The molecule has 0 amide bonds. The highest BCUT2D eigenvalue weighted by molar-refractivity contribution is 6.00. The molecule has 0 aromatic heterocycles. The molecule has 3 aromatic rings. The molecule has 39 heavy (non-hydrogen) atoms. The monoisotopic (exact) mass is 538 g/mol. The Hall–Kier alpha value is -4.21. The molecule has 2 N–H and O–H groups in total. The molecule has 9 heteroatoms. The van der Waals surface area contributed by atoms with Gasteiger partial charge >= 0.3 is 11.9 Å². The van der Waals surface area contributed by atoms with E-state index in [0.29, 0.717) is 33.8 Å². The smallest absolute Gasteiger partial charge is 0.337 e. The van der Waals surface area contributed by atoms with Crippen LogP contribution in [0.1, 0.15) is 73.3 Å². The van der Waals surface area contributed by atoms with E-state index in [9.17, 15) is 24.6 Å². The van der Waals surface area contributed by atoms with Crippen LogP contribution >= 0.6 is 0 Å². The van der Waals surface area contributed by atoms with Gasteiger partial charge in [-0.05, 0) is 55.8 Å². The Kier molecular flexibility index (Phi) is 11.7. The third-order valence-corrected chi connectivity index (χ3v) is 5.88. The van der Waals surface area contributed by atoms with Crippen molar-refractivity contribution in [3.8, 4) is 11.5 Å². The van der Waals surface area contributed by atoms with Crippen molar-refractivity contribution in [3.63, 3.8) is 0 Å². The van der Waals surface area contributed by atoms with Gasteiger partial charge in [0.25, 0.3) is 0 Å². The fourth-order valence-electron chi connectivity index (χ4n) is 3.82. The number of benzene rings is 3. The summed E-state index contributed by atoms with van der Waals surface area (Å²) in [6.07, 6.45) is -1.73. The first-order chi connectivity index (χ1) is 18.6. The van der Waals surface area contributed by atoms with Crippen LogP contribution in [0.2, 0.25) is 0 Å². The SMILES string of the molecule is COC(=O)c1ccc(OC)c(C(C)=O)c1.COC(=O)c1ccc(OC)c(C(O)CC(O)c2cccc(C)c2)c1. The lowest BCUT2D eigenvalue weighted by molar-refractivity contribution is 0.0590. The zero-order valence-corrected chi connectivity index (χ0v) is 22.9. The van der Waals surface area contributed by atoms with Crippen LogP contribution in [0.15, 0.2) is 60.7 Å². The van der Waals surface area contributed by atoms with Crippen LogP contribution in [0.4, 0.5) is 0 Å². The van der Waals surface area contributed by atoms with Gasteiger partial charge in [-0.1, -0.05) is 29.8 Å². The molecule has 0 aliphatic carbocycles. The summed E-state index contributed by atoms with van der Waals surface area (Å²) in [5.74, 6) is -0.218. The molecule has 2 unspecified atom stereocenters. The van der Waals surface area contributed by atoms with Gasteiger partial charge < -0.3 is 29.2 Å². The van der Waals surface area contributed by atoms with Crippen LogP contribution in [0.5, 0.6) is 11.5 Å². The largest absolute Gasteiger partial charge is 0.496 e. The average Bonchev–Trinajstić information content (AvgIpc) is 2.95. The lowest BCUT2D eigenvalue weighted by Gasteiger charge is -2.19. The third kappa shape index (κ3) is 8.39. The van der Waals surface area contributed by atoms with Gasteiger partial charge in [0.1, 0.15) is 11.5 Å². The fourth-order valence-corrected chi connectivity index (χ4v) is 3.82. The van der Waals surface area contributed by atoms with E-state index in [0.717, 1.165) is 11.1 Å². The lowest BCUT2D eigenvalue weighted by Crippen LogP contribution is -2.09. The van der Waals surface area contributed by atoms with E-state index >= 15 is 0 Å². The van der Waals surface area contributed by atoms with Crippen molar-refractivity contribution >= 4 is 17.7 Å². The first-order valence-electron chi connectivity index (χ1n) is 12.0. The van der Waals surface area contributed by atoms with E-state index in [1.54, 1.807) is 24.3 Å². The van der Waals surface area contributed by atoms with Crippen LogP contribution in [0.3, 0.4) is 0 Å². The van der Waals surface area contributed by atoms with Crippen LogP contribution in [0, 0.1) is 6.92 Å². The molecule has 3 rings (SSSR count). The second-order valence-corrected chi connectivity index (χ2v) is 8.59. The molecular formula is C30H34O9. The number of methoxy groups -OCH3 is 4. The Morgan fingerprint density at radius 3 is 1.82 bits per heavy atom. The normalized spacial score (nSPS) is 11.8. The Morgan fingerprint density at radius 1 is 0.744 bits per heavy atom. The number of carbonyl (C=O) groups excluding carboxylic acids is 3. The molecule has 0 heterocycles. The van der Waals surface area contributed by atoms with Crippen molar-refractivity contribution in [1.82, 2.24) is 0 Å². The lowest BCUT2D eigenvalue weighted by atomic mass is 9.96. The highest BCUT2D eigenvalue weighted by atomic mass is 16.5. The number of aryl methyl sites for hydroxylation is 1. The van der Waals surface area contributed by atoms with E-state index in [4.69, 9.17) is 14.2 Å². The molecule has 9 nitrogen and oxygen atoms in total. The first-order valence-corrected chi connectivity index (χ1v) is 12.0. The standard InChI is InChI=1S/C19H22O5.C11H12O4/c1-12-5-4-6-13(9-12)16(20)11-17(21)15-10-14(19(22)24-3)7-8-18(15)23-2;1-7(12)9-6-8(11(13)15-3)4-5-10(9)14-2/h4-10,16-17,20-21H,11H2,1-3H3;4-6H,1-3H3. The zero-order valence-electron chi connectivity index (χ0n) is 22.9. The van der Waals surface area contributed by atoms with E-state index in [2.05, 4.69) is 4.74 Å². The summed E-state index contributed by atoms with van der Waals surface area (Å²) < 4.78 is 19.5. The van der Waals surface area contributed by atoms with Crippen molar-refractivity contribution in [2.24, 2.45) is 0 Å². The van der Waals surface area contributed by atoms with E-state index in [-0.39, 0.29) is 12.2 Å². The number of ketones is 1. The van der Waals surface area contributed by atoms with E-state index in [1.807, 2.05) is 31.2 Å². The van der Waals surface area contributed by atoms with Crippen LogP contribution in [0.25, 0.3) is 0 Å². The summed E-state index contributed by atoms with van der Waals surface area (Å²) in [5, 5.41) is 20.9. The average molecular weight is 539 g/mol. The van der Waals surface area contributed by atoms with Gasteiger partial charge in [0, 0.05) is 12.0 Å².